The molecular weight excluding hydrogens is 423 g/mol. The van der Waals surface area contributed by atoms with Gasteiger partial charge in [0.2, 0.25) is 15.9 Å². The molecule has 30 heavy (non-hydrogen) atoms. The summed E-state index contributed by atoms with van der Waals surface area (Å²) in [7, 11) is -4.07. The monoisotopic (exact) mass is 449 g/mol. The van der Waals surface area contributed by atoms with Crippen molar-refractivity contribution in [2.75, 3.05) is 19.7 Å². The number of halogens is 3. The van der Waals surface area contributed by atoms with E-state index in [0.29, 0.717) is 11.8 Å². The predicted molar refractivity (Wildman–Crippen MR) is 105 cm³/mol. The van der Waals surface area contributed by atoms with Crippen LogP contribution in [0.25, 0.3) is 0 Å². The van der Waals surface area contributed by atoms with Crippen molar-refractivity contribution in [1.29, 1.82) is 0 Å². The van der Waals surface area contributed by atoms with Gasteiger partial charge >= 0.3 is 6.18 Å². The number of amides is 1. The number of carbonyl (C=O) groups excluding carboxylic acids is 1. The van der Waals surface area contributed by atoms with Crippen LogP contribution in [-0.4, -0.2) is 44.4 Å². The molecule has 0 atom stereocenters. The molecule has 0 spiro atoms. The highest BCUT2D eigenvalue weighted by molar-refractivity contribution is 7.89. The normalized spacial score (nSPS) is 15.7. The number of nitrogens with zero attached hydrogens (tertiary/aromatic N) is 1. The van der Waals surface area contributed by atoms with E-state index in [1.807, 2.05) is 13.8 Å². The van der Waals surface area contributed by atoms with E-state index >= 15 is 0 Å². The fraction of sp³-hybridized carbons (Fsp3) is 0.526. The Balaban J connectivity index is 1.92. The van der Waals surface area contributed by atoms with Crippen LogP contribution in [0.1, 0.15) is 38.7 Å². The molecule has 1 aromatic rings. The Kier molecular flexibility index (Phi) is 8.27. The summed E-state index contributed by atoms with van der Waals surface area (Å²) in [6.07, 6.45) is -1.16. The second-order valence-corrected chi connectivity index (χ2v) is 8.78. The Bertz CT molecular complexity index is 868. The number of alkyl halides is 3. The molecule has 0 unspecified atom stereocenters. The van der Waals surface area contributed by atoms with Crippen molar-refractivity contribution >= 4 is 15.9 Å². The van der Waals surface area contributed by atoms with Gasteiger partial charge in [0.1, 0.15) is 0 Å². The molecular formula is C19H26F3N3O4S. The van der Waals surface area contributed by atoms with E-state index < -0.39 is 26.7 Å². The van der Waals surface area contributed by atoms with Gasteiger partial charge in [0.25, 0.3) is 0 Å². The Labute approximate surface area is 174 Å². The number of nitrogens with one attached hydrogen (secondary N) is 2. The number of hydrogen-bond donors (Lipinski definition) is 2. The number of hydroxylamine groups is 1. The van der Waals surface area contributed by atoms with Gasteiger partial charge in [-0.25, -0.2) is 8.42 Å². The molecule has 2 rings (SSSR count). The van der Waals surface area contributed by atoms with Crippen molar-refractivity contribution < 1.29 is 31.2 Å². The molecule has 1 aliphatic rings. The van der Waals surface area contributed by atoms with E-state index in [-0.39, 0.29) is 38.1 Å². The van der Waals surface area contributed by atoms with Gasteiger partial charge in [0, 0.05) is 31.2 Å². The molecule has 0 saturated carbocycles. The number of carbonyl (C=O) groups is 1. The largest absolute Gasteiger partial charge is 0.416 e. The van der Waals surface area contributed by atoms with Gasteiger partial charge in [-0.15, -0.1) is 0 Å². The van der Waals surface area contributed by atoms with Gasteiger partial charge in [-0.1, -0.05) is 19.9 Å². The van der Waals surface area contributed by atoms with Crippen molar-refractivity contribution in [1.82, 2.24) is 15.1 Å². The second-order valence-electron chi connectivity index (χ2n) is 6.84. The van der Waals surface area contributed by atoms with Gasteiger partial charge in [0.05, 0.1) is 10.5 Å². The number of rotatable bonds is 9. The highest BCUT2D eigenvalue weighted by atomic mass is 32.2. The lowest BCUT2D eigenvalue weighted by Crippen LogP contribution is -2.39. The fourth-order valence-corrected chi connectivity index (χ4v) is 4.33. The van der Waals surface area contributed by atoms with Crippen LogP contribution in [0.5, 0.6) is 0 Å². The molecule has 1 aliphatic heterocycles. The SMILES string of the molecule is CCC(CC)NC(=O)CONC1=CCN(S(=O)(=O)c2cccc(C(F)(F)F)c2)CC1. The molecule has 0 bridgehead atoms. The third-order valence-electron chi connectivity index (χ3n) is 4.73. The fourth-order valence-electron chi connectivity index (χ4n) is 2.90. The molecule has 11 heteroatoms. The third-order valence-corrected chi connectivity index (χ3v) is 6.59. The van der Waals surface area contributed by atoms with E-state index in [4.69, 9.17) is 4.84 Å². The lowest BCUT2D eigenvalue weighted by Gasteiger charge is -2.26. The third kappa shape index (κ3) is 6.44. The van der Waals surface area contributed by atoms with Gasteiger partial charge in [-0.3, -0.25) is 15.1 Å². The highest BCUT2D eigenvalue weighted by Crippen LogP contribution is 2.31. The first-order valence-electron chi connectivity index (χ1n) is 9.61. The van der Waals surface area contributed by atoms with Crippen LogP contribution in [-0.2, 0) is 25.8 Å². The molecule has 0 fully saturated rings. The summed E-state index contributed by atoms with van der Waals surface area (Å²) in [4.78, 5) is 16.5. The van der Waals surface area contributed by atoms with E-state index in [2.05, 4.69) is 10.8 Å². The molecule has 1 heterocycles. The van der Waals surface area contributed by atoms with Crippen LogP contribution < -0.4 is 10.8 Å². The molecule has 7 nitrogen and oxygen atoms in total. The average molecular weight is 449 g/mol. The molecule has 0 radical (unpaired) electrons. The van der Waals surface area contributed by atoms with Crippen LogP contribution in [0.2, 0.25) is 0 Å². The molecule has 1 aromatic carbocycles. The van der Waals surface area contributed by atoms with Crippen LogP contribution in [0.4, 0.5) is 13.2 Å². The smallest absolute Gasteiger partial charge is 0.351 e. The number of hydrogen-bond acceptors (Lipinski definition) is 5. The maximum atomic E-state index is 12.9. The van der Waals surface area contributed by atoms with Gasteiger partial charge in [-0.05, 0) is 37.1 Å². The van der Waals surface area contributed by atoms with Crippen molar-refractivity contribution in [3.05, 3.63) is 41.6 Å². The molecule has 1 amide bonds. The van der Waals surface area contributed by atoms with E-state index in [9.17, 15) is 26.4 Å². The molecule has 168 valence electrons. The zero-order valence-corrected chi connectivity index (χ0v) is 17.6. The zero-order valence-electron chi connectivity index (χ0n) is 16.8. The molecule has 0 aromatic heterocycles. The van der Waals surface area contributed by atoms with Gasteiger partial charge in [-0.2, -0.15) is 17.5 Å². The summed E-state index contributed by atoms with van der Waals surface area (Å²) in [5.74, 6) is -0.263. The van der Waals surface area contributed by atoms with Crippen LogP contribution in [0.15, 0.2) is 40.9 Å². The Morgan fingerprint density at radius 3 is 2.53 bits per heavy atom. The van der Waals surface area contributed by atoms with E-state index in [0.717, 1.165) is 35.3 Å². The lowest BCUT2D eigenvalue weighted by atomic mass is 10.2. The van der Waals surface area contributed by atoms with Gasteiger partial charge in [0.15, 0.2) is 6.61 Å². The maximum absolute atomic E-state index is 12.9. The van der Waals surface area contributed by atoms with Crippen LogP contribution >= 0.6 is 0 Å². The first kappa shape index (κ1) is 24.2. The number of benzene rings is 1. The van der Waals surface area contributed by atoms with Crippen molar-refractivity contribution in [3.8, 4) is 0 Å². The Hall–Kier alpha value is -2.11. The lowest BCUT2D eigenvalue weighted by molar-refractivity contribution is -0.137. The summed E-state index contributed by atoms with van der Waals surface area (Å²) >= 11 is 0. The minimum atomic E-state index is -4.62. The van der Waals surface area contributed by atoms with Crippen LogP contribution in [0.3, 0.4) is 0 Å². The summed E-state index contributed by atoms with van der Waals surface area (Å²) in [5.41, 5.74) is 2.22. The Morgan fingerprint density at radius 2 is 1.97 bits per heavy atom. The molecule has 0 saturated heterocycles. The van der Waals surface area contributed by atoms with Crippen molar-refractivity contribution in [2.24, 2.45) is 0 Å². The van der Waals surface area contributed by atoms with E-state index in [1.165, 1.54) is 0 Å². The first-order chi connectivity index (χ1) is 14.1. The topological polar surface area (TPSA) is 87.7 Å². The quantitative estimate of drug-likeness (QED) is 0.566. The first-order valence-corrected chi connectivity index (χ1v) is 11.1. The van der Waals surface area contributed by atoms with Crippen LogP contribution in [0, 0.1) is 0 Å². The molecule has 2 N–H and O–H groups in total. The Morgan fingerprint density at radius 1 is 1.27 bits per heavy atom. The zero-order chi connectivity index (χ0) is 22.4. The number of sulfonamides is 1. The van der Waals surface area contributed by atoms with Crippen molar-refractivity contribution in [3.63, 3.8) is 0 Å². The highest BCUT2D eigenvalue weighted by Gasteiger charge is 2.33. The minimum Gasteiger partial charge on any atom is -0.351 e. The summed E-state index contributed by atoms with van der Waals surface area (Å²) < 4.78 is 65.0. The summed E-state index contributed by atoms with van der Waals surface area (Å²) in [6.45, 7) is 3.80. The van der Waals surface area contributed by atoms with Crippen molar-refractivity contribution in [2.45, 2.75) is 50.2 Å². The summed E-state index contributed by atoms with van der Waals surface area (Å²) in [6, 6.07) is 3.76. The molecule has 0 aliphatic carbocycles. The van der Waals surface area contributed by atoms with E-state index in [1.54, 1.807) is 6.08 Å². The standard InChI is InChI=1S/C19H26F3N3O4S/c1-3-15(4-2)23-18(26)13-29-24-16-8-10-25(11-9-16)30(27,28)17-7-5-6-14(12-17)19(20,21)22/h5-8,12,15,24H,3-4,9-11,13H2,1-2H3,(H,23,26). The average Bonchev–Trinajstić information content (AvgIpc) is 2.72. The second kappa shape index (κ2) is 10.3. The maximum Gasteiger partial charge on any atom is 0.416 e. The predicted octanol–water partition coefficient (Wildman–Crippen LogP) is 2.81. The van der Waals surface area contributed by atoms with Gasteiger partial charge < -0.3 is 5.32 Å². The minimum absolute atomic E-state index is 0.0236. The summed E-state index contributed by atoms with van der Waals surface area (Å²) in [5, 5.41) is 2.82.